The van der Waals surface area contributed by atoms with E-state index in [-0.39, 0.29) is 22.4 Å². The van der Waals surface area contributed by atoms with Gasteiger partial charge in [-0.3, -0.25) is 14.4 Å². The zero-order valence-corrected chi connectivity index (χ0v) is 18.4. The number of phenols is 2. The number of benzene rings is 3. The van der Waals surface area contributed by atoms with Crippen molar-refractivity contribution in [2.75, 3.05) is 5.32 Å². The number of hydrogen-bond donors (Lipinski definition) is 3. The molecule has 0 radical (unpaired) electrons. The van der Waals surface area contributed by atoms with Crippen molar-refractivity contribution >= 4 is 29.1 Å². The summed E-state index contributed by atoms with van der Waals surface area (Å²) >= 11 is 0. The lowest BCUT2D eigenvalue weighted by Crippen LogP contribution is -2.38. The maximum Gasteiger partial charge on any atom is 0.339 e. The van der Waals surface area contributed by atoms with Gasteiger partial charge in [-0.1, -0.05) is 24.3 Å². The molecule has 0 aliphatic carbocycles. The van der Waals surface area contributed by atoms with E-state index >= 15 is 0 Å². The number of fused-ring (bicyclic) bond motifs is 1. The Morgan fingerprint density at radius 1 is 0.941 bits per heavy atom. The monoisotopic (exact) mass is 459 g/mol. The molecule has 1 heterocycles. The molecule has 172 valence electrons. The minimum Gasteiger partial charge on any atom is -0.508 e. The van der Waals surface area contributed by atoms with Crippen LogP contribution in [0.15, 0.2) is 60.7 Å². The first kappa shape index (κ1) is 22.7. The smallest absolute Gasteiger partial charge is 0.339 e. The Kier molecular flexibility index (Phi) is 5.89. The predicted octanol–water partition coefficient (Wildman–Crippen LogP) is 3.63. The number of anilines is 1. The number of amides is 1. The van der Waals surface area contributed by atoms with E-state index in [0.717, 1.165) is 29.3 Å². The highest BCUT2D eigenvalue weighted by Crippen LogP contribution is 2.39. The van der Waals surface area contributed by atoms with Gasteiger partial charge >= 0.3 is 5.97 Å². The third-order valence-corrected chi connectivity index (χ3v) is 5.82. The van der Waals surface area contributed by atoms with Crippen LogP contribution in [0.4, 0.5) is 5.69 Å². The van der Waals surface area contributed by atoms with Crippen LogP contribution >= 0.6 is 0 Å². The number of ether oxygens (including phenoxy) is 1. The summed E-state index contributed by atoms with van der Waals surface area (Å²) in [7, 11) is 0. The summed E-state index contributed by atoms with van der Waals surface area (Å²) in [4.78, 5) is 52.1. The van der Waals surface area contributed by atoms with Crippen LogP contribution < -0.4 is 5.32 Å². The number of esters is 1. The highest BCUT2D eigenvalue weighted by molar-refractivity contribution is 6.45. The molecule has 0 unspecified atom stereocenters. The normalized spacial score (nSPS) is 15.2. The first-order chi connectivity index (χ1) is 16.2. The zero-order chi connectivity index (χ0) is 24.6. The number of phenolic OH excluding ortho intramolecular Hbond substituents is 2. The Balaban J connectivity index is 1.73. The number of Topliss-reactive ketones (excluding diaryl/α,β-unsaturated/α-hetero) is 2. The van der Waals surface area contributed by atoms with Crippen LogP contribution in [-0.4, -0.2) is 33.7 Å². The SMILES string of the molecule is Cc1ccc(NC(=O)C(=O)[C@H](C(=O)c2ccc(O)cc2O)[C@@H]2OC(=O)c3ccccc32)cc1C. The van der Waals surface area contributed by atoms with Crippen molar-refractivity contribution in [2.45, 2.75) is 20.0 Å². The van der Waals surface area contributed by atoms with Gasteiger partial charge in [0.15, 0.2) is 5.78 Å². The number of nitrogens with one attached hydrogen (secondary N) is 1. The van der Waals surface area contributed by atoms with E-state index < -0.39 is 41.2 Å². The van der Waals surface area contributed by atoms with Gasteiger partial charge in [0.05, 0.1) is 11.1 Å². The van der Waals surface area contributed by atoms with Crippen LogP contribution in [0.5, 0.6) is 11.5 Å². The molecule has 34 heavy (non-hydrogen) atoms. The molecule has 3 aromatic rings. The highest BCUT2D eigenvalue weighted by atomic mass is 16.5. The second kappa shape index (κ2) is 8.82. The molecular formula is C26H21NO7. The molecule has 0 fully saturated rings. The summed E-state index contributed by atoms with van der Waals surface area (Å²) in [5.74, 6) is -6.47. The summed E-state index contributed by atoms with van der Waals surface area (Å²) in [6.45, 7) is 3.75. The molecule has 1 amide bonds. The first-order valence-corrected chi connectivity index (χ1v) is 10.5. The van der Waals surface area contributed by atoms with Crippen molar-refractivity contribution in [1.29, 1.82) is 0 Å². The molecule has 0 bridgehead atoms. The third-order valence-electron chi connectivity index (χ3n) is 5.82. The minimum absolute atomic E-state index is 0.183. The number of cyclic esters (lactones) is 1. The van der Waals surface area contributed by atoms with Crippen molar-refractivity contribution in [3.63, 3.8) is 0 Å². The van der Waals surface area contributed by atoms with Gasteiger partial charge in [-0.25, -0.2) is 4.79 Å². The Labute approximate surface area is 194 Å². The molecular weight excluding hydrogens is 438 g/mol. The fourth-order valence-electron chi connectivity index (χ4n) is 3.86. The van der Waals surface area contributed by atoms with Gasteiger partial charge < -0.3 is 20.3 Å². The van der Waals surface area contributed by atoms with Gasteiger partial charge in [0.1, 0.15) is 23.5 Å². The quantitative estimate of drug-likeness (QED) is 0.222. The summed E-state index contributed by atoms with van der Waals surface area (Å²) in [5.41, 5.74) is 2.43. The average Bonchev–Trinajstić information content (AvgIpc) is 3.12. The topological polar surface area (TPSA) is 130 Å². The van der Waals surface area contributed by atoms with Crippen molar-refractivity contribution in [2.24, 2.45) is 5.92 Å². The van der Waals surface area contributed by atoms with E-state index in [9.17, 15) is 29.4 Å². The Morgan fingerprint density at radius 2 is 1.68 bits per heavy atom. The van der Waals surface area contributed by atoms with Crippen LogP contribution in [0.2, 0.25) is 0 Å². The van der Waals surface area contributed by atoms with Crippen LogP contribution in [-0.2, 0) is 14.3 Å². The molecule has 1 aliphatic heterocycles. The number of hydrogen-bond acceptors (Lipinski definition) is 7. The molecule has 4 rings (SSSR count). The van der Waals surface area contributed by atoms with E-state index in [4.69, 9.17) is 4.74 Å². The van der Waals surface area contributed by atoms with Gasteiger partial charge in [-0.2, -0.15) is 0 Å². The first-order valence-electron chi connectivity index (χ1n) is 10.5. The van der Waals surface area contributed by atoms with Crippen LogP contribution in [0.3, 0.4) is 0 Å². The van der Waals surface area contributed by atoms with Crippen LogP contribution in [0.1, 0.15) is 43.5 Å². The molecule has 8 heteroatoms. The minimum atomic E-state index is -1.76. The summed E-state index contributed by atoms with van der Waals surface area (Å²) in [5, 5.41) is 22.3. The molecule has 0 spiro atoms. The van der Waals surface area contributed by atoms with Crippen molar-refractivity contribution in [3.8, 4) is 11.5 Å². The van der Waals surface area contributed by atoms with Crippen LogP contribution in [0, 0.1) is 19.8 Å². The number of rotatable bonds is 6. The van der Waals surface area contributed by atoms with Crippen LogP contribution in [0.25, 0.3) is 0 Å². The number of carbonyl (C=O) groups is 4. The number of carbonyl (C=O) groups excluding carboxylic acids is 4. The molecule has 0 aromatic heterocycles. The van der Waals surface area contributed by atoms with Gasteiger partial charge in [-0.15, -0.1) is 0 Å². The maximum atomic E-state index is 13.4. The summed E-state index contributed by atoms with van der Waals surface area (Å²) < 4.78 is 5.36. The number of ketones is 2. The lowest BCUT2D eigenvalue weighted by Gasteiger charge is -2.21. The molecule has 8 nitrogen and oxygen atoms in total. The summed E-state index contributed by atoms with van der Waals surface area (Å²) in [6.07, 6.45) is -1.36. The van der Waals surface area contributed by atoms with E-state index in [1.807, 2.05) is 13.8 Å². The molecule has 0 saturated heterocycles. The zero-order valence-electron chi connectivity index (χ0n) is 18.4. The molecule has 3 aromatic carbocycles. The fourth-order valence-corrected chi connectivity index (χ4v) is 3.86. The lowest BCUT2D eigenvalue weighted by molar-refractivity contribution is -0.138. The molecule has 3 N–H and O–H groups in total. The highest BCUT2D eigenvalue weighted by Gasteiger charge is 2.46. The Morgan fingerprint density at radius 3 is 2.38 bits per heavy atom. The van der Waals surface area contributed by atoms with Gasteiger partial charge in [-0.05, 0) is 55.3 Å². The van der Waals surface area contributed by atoms with Crippen molar-refractivity contribution < 1.29 is 34.1 Å². The average molecular weight is 459 g/mol. The predicted molar refractivity (Wildman–Crippen MR) is 122 cm³/mol. The fraction of sp³-hybridized carbons (Fsp3) is 0.154. The second-order valence-corrected chi connectivity index (χ2v) is 8.07. The molecule has 2 atom stereocenters. The Hall–Kier alpha value is -4.46. The second-order valence-electron chi connectivity index (χ2n) is 8.07. The van der Waals surface area contributed by atoms with Crippen molar-refractivity contribution in [3.05, 3.63) is 88.5 Å². The van der Waals surface area contributed by atoms with E-state index in [1.165, 1.54) is 12.1 Å². The number of aromatic hydroxyl groups is 2. The van der Waals surface area contributed by atoms with E-state index in [0.29, 0.717) is 5.69 Å². The van der Waals surface area contributed by atoms with E-state index in [1.54, 1.807) is 30.3 Å². The van der Waals surface area contributed by atoms with Crippen molar-refractivity contribution in [1.82, 2.24) is 0 Å². The summed E-state index contributed by atoms with van der Waals surface area (Å²) in [6, 6.07) is 14.6. The molecule has 1 aliphatic rings. The molecule has 0 saturated carbocycles. The van der Waals surface area contributed by atoms with Gasteiger partial charge in [0.25, 0.3) is 5.91 Å². The third kappa shape index (κ3) is 4.13. The van der Waals surface area contributed by atoms with E-state index in [2.05, 4.69) is 5.32 Å². The van der Waals surface area contributed by atoms with Gasteiger partial charge in [0.2, 0.25) is 5.78 Å². The van der Waals surface area contributed by atoms with Gasteiger partial charge in [0, 0.05) is 17.3 Å². The standard InChI is InChI=1S/C26H21NO7/c1-13-7-8-15(11-14(13)2)27-25(32)23(31)21(22(30)19-10-9-16(28)12-20(19)29)24-17-5-3-4-6-18(17)26(33)34-24/h3-12,21,24,28-29H,1-2H3,(H,27,32)/t21-,24+/m0/s1. The maximum absolute atomic E-state index is 13.4. The Bertz CT molecular complexity index is 1340. The number of aryl methyl sites for hydroxylation is 2. The largest absolute Gasteiger partial charge is 0.508 e. The lowest BCUT2D eigenvalue weighted by atomic mass is 9.84.